The Kier molecular flexibility index (Phi) is 1.35. The molecule has 3 nitrogen and oxygen atoms in total. The first-order valence-corrected chi connectivity index (χ1v) is 4.39. The van der Waals surface area contributed by atoms with Gasteiger partial charge in [0.25, 0.3) is 0 Å². The first-order valence-electron chi connectivity index (χ1n) is 4.39. The Balaban J connectivity index is 2.28. The number of rotatable bonds is 0. The van der Waals surface area contributed by atoms with Gasteiger partial charge in [0.15, 0.2) is 5.78 Å². The molecule has 2 aliphatic heterocycles. The SMILES string of the molecule is CC1(C)C(=O)CCC2CC(=O)N21. The highest BCUT2D eigenvalue weighted by atomic mass is 16.2. The molecule has 1 amide bonds. The predicted molar refractivity (Wildman–Crippen MR) is 43.6 cm³/mol. The molecule has 0 saturated carbocycles. The zero-order chi connectivity index (χ0) is 8.93. The molecule has 0 bridgehead atoms. The highest BCUT2D eigenvalue weighted by Gasteiger charge is 2.51. The van der Waals surface area contributed by atoms with Crippen molar-refractivity contribution in [3.05, 3.63) is 0 Å². The van der Waals surface area contributed by atoms with E-state index in [0.717, 1.165) is 6.42 Å². The normalized spacial score (nSPS) is 32.8. The maximum absolute atomic E-state index is 11.5. The van der Waals surface area contributed by atoms with Crippen molar-refractivity contribution in [2.45, 2.75) is 44.7 Å². The van der Waals surface area contributed by atoms with Gasteiger partial charge in [-0.3, -0.25) is 9.59 Å². The average Bonchev–Trinajstić information content (AvgIpc) is 1.93. The van der Waals surface area contributed by atoms with Gasteiger partial charge >= 0.3 is 0 Å². The van der Waals surface area contributed by atoms with Crippen LogP contribution >= 0.6 is 0 Å². The van der Waals surface area contributed by atoms with Gasteiger partial charge in [-0.2, -0.15) is 0 Å². The van der Waals surface area contributed by atoms with Gasteiger partial charge in [-0.05, 0) is 20.3 Å². The van der Waals surface area contributed by atoms with Crippen LogP contribution in [0.5, 0.6) is 0 Å². The van der Waals surface area contributed by atoms with Gasteiger partial charge in [0.1, 0.15) is 0 Å². The van der Waals surface area contributed by atoms with E-state index in [4.69, 9.17) is 0 Å². The number of piperidine rings is 1. The predicted octanol–water partition coefficient (Wildman–Crippen LogP) is 0.729. The first kappa shape index (κ1) is 7.77. The van der Waals surface area contributed by atoms with Crippen LogP contribution in [0.2, 0.25) is 0 Å². The molecule has 66 valence electrons. The van der Waals surface area contributed by atoms with Crippen LogP contribution in [0, 0.1) is 0 Å². The number of hydrogen-bond donors (Lipinski definition) is 0. The molecule has 0 radical (unpaired) electrons. The third-order valence-electron chi connectivity index (χ3n) is 3.03. The van der Waals surface area contributed by atoms with Crippen molar-refractivity contribution in [3.63, 3.8) is 0 Å². The molecule has 0 N–H and O–H groups in total. The largest absolute Gasteiger partial charge is 0.327 e. The quantitative estimate of drug-likeness (QED) is 0.499. The van der Waals surface area contributed by atoms with Crippen LogP contribution < -0.4 is 0 Å². The van der Waals surface area contributed by atoms with E-state index >= 15 is 0 Å². The number of amides is 1. The number of fused-ring (bicyclic) bond motifs is 1. The monoisotopic (exact) mass is 167 g/mol. The van der Waals surface area contributed by atoms with Gasteiger partial charge in [0.05, 0.1) is 5.54 Å². The number of nitrogens with zero attached hydrogens (tertiary/aromatic N) is 1. The second kappa shape index (κ2) is 2.09. The fraction of sp³-hybridized carbons (Fsp3) is 0.778. The average molecular weight is 167 g/mol. The second-order valence-electron chi connectivity index (χ2n) is 4.14. The highest BCUT2D eigenvalue weighted by molar-refractivity contribution is 5.96. The number of ketones is 1. The number of hydrogen-bond acceptors (Lipinski definition) is 2. The molecule has 2 rings (SSSR count). The van der Waals surface area contributed by atoms with Crippen molar-refractivity contribution in [1.29, 1.82) is 0 Å². The molecular weight excluding hydrogens is 154 g/mol. The summed E-state index contributed by atoms with van der Waals surface area (Å²) in [6.07, 6.45) is 2.16. The molecular formula is C9H13NO2. The standard InChI is InChI=1S/C9H13NO2/c1-9(2)7(11)4-3-6-5-8(12)10(6)9/h6H,3-5H2,1-2H3. The van der Waals surface area contributed by atoms with Crippen LogP contribution in [0.25, 0.3) is 0 Å². The molecule has 2 fully saturated rings. The van der Waals surface area contributed by atoms with Crippen molar-refractivity contribution < 1.29 is 9.59 Å². The Morgan fingerprint density at radius 3 is 2.58 bits per heavy atom. The van der Waals surface area contributed by atoms with Crippen molar-refractivity contribution in [3.8, 4) is 0 Å². The molecule has 2 aliphatic rings. The van der Waals surface area contributed by atoms with Gasteiger partial charge in [-0.15, -0.1) is 0 Å². The number of β-lactam (4-membered cyclic amide) rings is 1. The maximum atomic E-state index is 11.5. The molecule has 2 saturated heterocycles. The number of carbonyl (C=O) groups is 2. The molecule has 0 aliphatic carbocycles. The molecule has 1 unspecified atom stereocenters. The molecule has 2 heterocycles. The number of carbonyl (C=O) groups excluding carboxylic acids is 2. The molecule has 0 aromatic carbocycles. The Hall–Kier alpha value is -0.860. The minimum absolute atomic E-state index is 0.137. The number of Topliss-reactive ketones (excluding diaryl/α,β-unsaturated/α-hetero) is 1. The fourth-order valence-corrected chi connectivity index (χ4v) is 2.22. The third-order valence-corrected chi connectivity index (χ3v) is 3.03. The minimum atomic E-state index is -0.530. The van der Waals surface area contributed by atoms with Crippen LogP contribution in [-0.2, 0) is 9.59 Å². The van der Waals surface area contributed by atoms with E-state index in [1.54, 1.807) is 4.90 Å². The summed E-state index contributed by atoms with van der Waals surface area (Å²) in [6, 6.07) is 0.352. The van der Waals surface area contributed by atoms with Gasteiger partial charge in [-0.25, -0.2) is 0 Å². The summed E-state index contributed by atoms with van der Waals surface area (Å²) in [5.41, 5.74) is -0.530. The Morgan fingerprint density at radius 1 is 1.42 bits per heavy atom. The van der Waals surface area contributed by atoms with E-state index in [0.29, 0.717) is 18.9 Å². The lowest BCUT2D eigenvalue weighted by molar-refractivity contribution is -0.166. The summed E-state index contributed by atoms with van der Waals surface area (Å²) < 4.78 is 0. The summed E-state index contributed by atoms with van der Waals surface area (Å²) >= 11 is 0. The van der Waals surface area contributed by atoms with Gasteiger partial charge in [0.2, 0.25) is 5.91 Å². The summed E-state index contributed by atoms with van der Waals surface area (Å²) in [5.74, 6) is 0.338. The van der Waals surface area contributed by atoms with E-state index < -0.39 is 5.54 Å². The Labute approximate surface area is 71.7 Å². The van der Waals surface area contributed by atoms with E-state index in [1.165, 1.54) is 0 Å². The van der Waals surface area contributed by atoms with Crippen LogP contribution in [0.3, 0.4) is 0 Å². The minimum Gasteiger partial charge on any atom is -0.327 e. The van der Waals surface area contributed by atoms with Crippen LogP contribution in [0.1, 0.15) is 33.1 Å². The van der Waals surface area contributed by atoms with Crippen LogP contribution in [-0.4, -0.2) is 28.2 Å². The molecule has 0 aromatic heterocycles. The van der Waals surface area contributed by atoms with Crippen LogP contribution in [0.4, 0.5) is 0 Å². The lowest BCUT2D eigenvalue weighted by atomic mass is 9.79. The van der Waals surface area contributed by atoms with Crippen molar-refractivity contribution >= 4 is 11.7 Å². The maximum Gasteiger partial charge on any atom is 0.225 e. The fourth-order valence-electron chi connectivity index (χ4n) is 2.22. The zero-order valence-electron chi connectivity index (χ0n) is 7.46. The third kappa shape index (κ3) is 0.765. The van der Waals surface area contributed by atoms with Crippen molar-refractivity contribution in [2.24, 2.45) is 0 Å². The highest BCUT2D eigenvalue weighted by Crippen LogP contribution is 2.37. The van der Waals surface area contributed by atoms with E-state index in [1.807, 2.05) is 13.8 Å². The topological polar surface area (TPSA) is 37.4 Å². The lowest BCUT2D eigenvalue weighted by Crippen LogP contribution is -2.67. The summed E-state index contributed by atoms with van der Waals surface area (Å²) in [5, 5.41) is 0. The first-order chi connectivity index (χ1) is 5.53. The van der Waals surface area contributed by atoms with Crippen molar-refractivity contribution in [1.82, 2.24) is 4.90 Å². The second-order valence-corrected chi connectivity index (χ2v) is 4.14. The lowest BCUT2D eigenvalue weighted by Gasteiger charge is -2.53. The molecule has 0 spiro atoms. The van der Waals surface area contributed by atoms with E-state index in [2.05, 4.69) is 0 Å². The van der Waals surface area contributed by atoms with Crippen molar-refractivity contribution in [2.75, 3.05) is 0 Å². The molecule has 12 heavy (non-hydrogen) atoms. The smallest absolute Gasteiger partial charge is 0.225 e. The van der Waals surface area contributed by atoms with Gasteiger partial charge in [0, 0.05) is 18.9 Å². The zero-order valence-corrected chi connectivity index (χ0v) is 7.46. The Bertz CT molecular complexity index is 257. The van der Waals surface area contributed by atoms with Gasteiger partial charge in [-0.1, -0.05) is 0 Å². The van der Waals surface area contributed by atoms with Crippen LogP contribution in [0.15, 0.2) is 0 Å². The summed E-state index contributed by atoms with van der Waals surface area (Å²) in [4.78, 5) is 24.4. The summed E-state index contributed by atoms with van der Waals surface area (Å²) in [7, 11) is 0. The summed E-state index contributed by atoms with van der Waals surface area (Å²) in [6.45, 7) is 3.69. The van der Waals surface area contributed by atoms with Gasteiger partial charge < -0.3 is 4.90 Å². The van der Waals surface area contributed by atoms with E-state index in [9.17, 15) is 9.59 Å². The molecule has 3 heteroatoms. The Morgan fingerprint density at radius 2 is 2.08 bits per heavy atom. The molecule has 1 atom stereocenters. The van der Waals surface area contributed by atoms with E-state index in [-0.39, 0.29) is 11.7 Å². The molecule has 0 aromatic rings.